The summed E-state index contributed by atoms with van der Waals surface area (Å²) in [6, 6.07) is 15.1. The largest absolute Gasteiger partial charge is 0.362 e. The van der Waals surface area contributed by atoms with Gasteiger partial charge in [-0.3, -0.25) is 9.62 Å². The number of hydrogen-bond donors (Lipinski definition) is 1. The lowest BCUT2D eigenvalue weighted by atomic mass is 9.99. The van der Waals surface area contributed by atoms with E-state index in [1.807, 2.05) is 20.0 Å². The van der Waals surface area contributed by atoms with Crippen molar-refractivity contribution in [3.8, 4) is 0 Å². The van der Waals surface area contributed by atoms with E-state index in [0.717, 1.165) is 48.3 Å². The van der Waals surface area contributed by atoms with Crippen molar-refractivity contribution in [1.29, 1.82) is 0 Å². The summed E-state index contributed by atoms with van der Waals surface area (Å²) in [5.41, 5.74) is 1.98. The van der Waals surface area contributed by atoms with Crippen LogP contribution in [0.1, 0.15) is 37.1 Å². The molecule has 1 atom stereocenters. The Morgan fingerprint density at radius 2 is 1.82 bits per heavy atom. The monoisotopic (exact) mass is 489 g/mol. The summed E-state index contributed by atoms with van der Waals surface area (Å²) in [4.78, 5) is 12.5. The van der Waals surface area contributed by atoms with Crippen LogP contribution in [0.4, 0.5) is 15.2 Å². The van der Waals surface area contributed by atoms with Crippen LogP contribution >= 0.6 is 11.3 Å². The first-order chi connectivity index (χ1) is 15.7. The third-order valence-corrected chi connectivity index (χ3v) is 9.11. The van der Waals surface area contributed by atoms with Crippen molar-refractivity contribution in [3.05, 3.63) is 65.7 Å². The quantitative estimate of drug-likeness (QED) is 0.494. The molecule has 33 heavy (non-hydrogen) atoms. The Kier molecular flexibility index (Phi) is 6.96. The molecule has 1 N–H and O–H groups in total. The maximum Gasteiger partial charge on any atom is 0.290 e. The zero-order valence-corrected chi connectivity index (χ0v) is 20.5. The number of sulfonamides is 1. The van der Waals surface area contributed by atoms with Gasteiger partial charge in [0.1, 0.15) is 10.8 Å². The Labute approximate surface area is 198 Å². The molecule has 1 saturated heterocycles. The molecule has 7 nitrogen and oxygen atoms in total. The Hall–Kier alpha value is -2.56. The van der Waals surface area contributed by atoms with Gasteiger partial charge in [0.2, 0.25) is 10.3 Å². The van der Waals surface area contributed by atoms with Crippen LogP contribution in [0.25, 0.3) is 0 Å². The second-order valence-corrected chi connectivity index (χ2v) is 11.1. The zero-order chi connectivity index (χ0) is 23.6. The standard InChI is InChI=1S/C23H28FN5O2S2/c1-16-22(32-23(25-16)33(30,31)27-21-11-7-10-20(24)26-21)28(3)19-12-14-29(15-13-19)17(2)18-8-5-4-6-9-18/h4-11,17,19H,12-15H2,1-3H3,(H,26,27). The summed E-state index contributed by atoms with van der Waals surface area (Å²) in [5, 5.41) is 0.831. The number of benzene rings is 1. The molecule has 0 saturated carbocycles. The predicted octanol–water partition coefficient (Wildman–Crippen LogP) is 4.45. The van der Waals surface area contributed by atoms with Crippen molar-refractivity contribution < 1.29 is 12.8 Å². The molecule has 176 valence electrons. The van der Waals surface area contributed by atoms with Gasteiger partial charge in [-0.25, -0.2) is 9.97 Å². The first-order valence-corrected chi connectivity index (χ1v) is 13.2. The van der Waals surface area contributed by atoms with E-state index in [4.69, 9.17) is 0 Å². The third kappa shape index (κ3) is 5.34. The van der Waals surface area contributed by atoms with Crippen LogP contribution in [0.15, 0.2) is 52.9 Å². The number of likely N-dealkylation sites (tertiary alicyclic amines) is 1. The van der Waals surface area contributed by atoms with Crippen LogP contribution in [0.2, 0.25) is 0 Å². The number of nitrogens with zero attached hydrogens (tertiary/aromatic N) is 4. The molecule has 1 unspecified atom stereocenters. The van der Waals surface area contributed by atoms with Crippen molar-refractivity contribution in [2.75, 3.05) is 29.8 Å². The van der Waals surface area contributed by atoms with Crippen LogP contribution in [0.3, 0.4) is 0 Å². The molecule has 3 aromatic rings. The lowest BCUT2D eigenvalue weighted by Crippen LogP contribution is -2.44. The average molecular weight is 490 g/mol. The summed E-state index contributed by atoms with van der Waals surface area (Å²) in [7, 11) is -1.95. The zero-order valence-electron chi connectivity index (χ0n) is 18.9. The summed E-state index contributed by atoms with van der Waals surface area (Å²) in [6.07, 6.45) is 1.97. The first kappa shape index (κ1) is 23.6. The van der Waals surface area contributed by atoms with E-state index >= 15 is 0 Å². The van der Waals surface area contributed by atoms with Gasteiger partial charge in [0.05, 0.1) is 5.69 Å². The molecule has 0 aliphatic carbocycles. The number of thiazole rings is 1. The number of aromatic nitrogens is 2. The molecule has 1 aliphatic rings. The Morgan fingerprint density at radius 1 is 1.12 bits per heavy atom. The molecule has 1 aliphatic heterocycles. The molecule has 0 spiro atoms. The van der Waals surface area contributed by atoms with Crippen molar-refractivity contribution in [2.45, 2.75) is 43.1 Å². The number of pyridine rings is 1. The van der Waals surface area contributed by atoms with Gasteiger partial charge in [-0.1, -0.05) is 47.7 Å². The van der Waals surface area contributed by atoms with E-state index in [1.54, 1.807) is 0 Å². The summed E-state index contributed by atoms with van der Waals surface area (Å²) in [6.45, 7) is 6.00. The van der Waals surface area contributed by atoms with Crippen LogP contribution in [0, 0.1) is 12.9 Å². The molecule has 10 heteroatoms. The second-order valence-electron chi connectivity index (χ2n) is 8.29. The fraction of sp³-hybridized carbons (Fsp3) is 0.391. The molecule has 0 bridgehead atoms. The van der Waals surface area contributed by atoms with Gasteiger partial charge >= 0.3 is 0 Å². The van der Waals surface area contributed by atoms with Gasteiger partial charge < -0.3 is 4.90 Å². The third-order valence-electron chi connectivity index (χ3n) is 6.13. The highest BCUT2D eigenvalue weighted by atomic mass is 32.2. The molecule has 1 aromatic carbocycles. The van der Waals surface area contributed by atoms with Crippen LogP contribution in [-0.2, 0) is 10.0 Å². The maximum atomic E-state index is 13.3. The molecule has 2 aromatic heterocycles. The number of halogens is 1. The van der Waals surface area contributed by atoms with Gasteiger partial charge in [0.25, 0.3) is 10.0 Å². The number of hydrogen-bond acceptors (Lipinski definition) is 7. The number of nitrogens with one attached hydrogen (secondary N) is 1. The molecular weight excluding hydrogens is 461 g/mol. The highest BCUT2D eigenvalue weighted by Gasteiger charge is 2.29. The number of rotatable bonds is 7. The van der Waals surface area contributed by atoms with Crippen LogP contribution in [-0.4, -0.2) is 49.5 Å². The van der Waals surface area contributed by atoms with E-state index < -0.39 is 16.0 Å². The number of aryl methyl sites for hydroxylation is 1. The van der Waals surface area contributed by atoms with E-state index in [9.17, 15) is 12.8 Å². The lowest BCUT2D eigenvalue weighted by molar-refractivity contribution is 0.162. The minimum Gasteiger partial charge on any atom is -0.362 e. The van der Waals surface area contributed by atoms with Gasteiger partial charge in [-0.2, -0.15) is 12.8 Å². The normalized spacial score (nSPS) is 16.5. The molecule has 3 heterocycles. The Balaban J connectivity index is 1.43. The Morgan fingerprint density at radius 3 is 2.48 bits per heavy atom. The van der Waals surface area contributed by atoms with Gasteiger partial charge in [0.15, 0.2) is 0 Å². The first-order valence-electron chi connectivity index (χ1n) is 10.9. The number of anilines is 2. The maximum absolute atomic E-state index is 13.3. The van der Waals surface area contributed by atoms with Crippen molar-refractivity contribution in [2.24, 2.45) is 0 Å². The van der Waals surface area contributed by atoms with Crippen LogP contribution in [0.5, 0.6) is 0 Å². The van der Waals surface area contributed by atoms with E-state index in [0.29, 0.717) is 17.8 Å². The highest BCUT2D eigenvalue weighted by molar-refractivity contribution is 7.94. The van der Waals surface area contributed by atoms with Crippen molar-refractivity contribution in [3.63, 3.8) is 0 Å². The smallest absolute Gasteiger partial charge is 0.290 e. The SMILES string of the molecule is Cc1nc(S(=O)(=O)Nc2cccc(F)n2)sc1N(C)C1CCN(C(C)c2ccccc2)CC1. The van der Waals surface area contributed by atoms with Gasteiger partial charge in [0, 0.05) is 32.2 Å². The summed E-state index contributed by atoms with van der Waals surface area (Å²) >= 11 is 1.12. The summed E-state index contributed by atoms with van der Waals surface area (Å²) in [5.74, 6) is -0.823. The molecule has 0 amide bonds. The molecular formula is C23H28FN5O2S2. The molecule has 0 radical (unpaired) electrons. The summed E-state index contributed by atoms with van der Waals surface area (Å²) < 4.78 is 41.1. The van der Waals surface area contributed by atoms with E-state index in [1.165, 1.54) is 17.7 Å². The average Bonchev–Trinajstić information content (AvgIpc) is 3.21. The van der Waals surface area contributed by atoms with Gasteiger partial charge in [-0.05, 0) is 44.4 Å². The lowest BCUT2D eigenvalue weighted by Gasteiger charge is -2.40. The highest BCUT2D eigenvalue weighted by Crippen LogP contribution is 2.34. The van der Waals surface area contributed by atoms with Gasteiger partial charge in [-0.15, -0.1) is 0 Å². The minimum atomic E-state index is -3.95. The molecule has 1 fully saturated rings. The minimum absolute atomic E-state index is 0.0527. The fourth-order valence-corrected chi connectivity index (χ4v) is 6.59. The second kappa shape index (κ2) is 9.74. The number of piperidine rings is 1. The van der Waals surface area contributed by atoms with Crippen molar-refractivity contribution in [1.82, 2.24) is 14.9 Å². The molecule has 4 rings (SSSR count). The van der Waals surface area contributed by atoms with Crippen molar-refractivity contribution >= 4 is 32.2 Å². The van der Waals surface area contributed by atoms with Crippen LogP contribution < -0.4 is 9.62 Å². The Bertz CT molecular complexity index is 1190. The fourth-order valence-electron chi connectivity index (χ4n) is 4.22. The topological polar surface area (TPSA) is 78.4 Å². The predicted molar refractivity (Wildman–Crippen MR) is 130 cm³/mol. The van der Waals surface area contributed by atoms with E-state index in [-0.39, 0.29) is 10.2 Å². The van der Waals surface area contributed by atoms with E-state index in [2.05, 4.69) is 55.7 Å².